The maximum Gasteiger partial charge on any atom is 0.352 e. The molecule has 2 aliphatic heterocycles. The first-order valence-electron chi connectivity index (χ1n) is 11.1. The predicted molar refractivity (Wildman–Crippen MR) is 145 cm³/mol. The van der Waals surface area contributed by atoms with Crippen molar-refractivity contribution in [2.45, 2.75) is 23.1 Å². The Morgan fingerprint density at radius 1 is 1.35 bits per heavy atom. The van der Waals surface area contributed by atoms with E-state index in [0.717, 1.165) is 37.2 Å². The van der Waals surface area contributed by atoms with Crippen molar-refractivity contribution in [1.82, 2.24) is 29.5 Å². The number of thiazole rings is 1. The Morgan fingerprint density at radius 2 is 2.10 bits per heavy atom. The number of carboxylic acid groups (broad SMARTS) is 1. The van der Waals surface area contributed by atoms with Gasteiger partial charge in [0.1, 0.15) is 36.2 Å². The molecule has 40 heavy (non-hydrogen) atoms. The number of aryl methyl sites for hydroxylation is 1. The molecule has 2 atom stereocenters. The van der Waals surface area contributed by atoms with Gasteiger partial charge < -0.3 is 25.8 Å². The van der Waals surface area contributed by atoms with E-state index in [4.69, 9.17) is 10.6 Å². The molecule has 210 valence electrons. The number of carbonyl (C=O) groups excluding carboxylic acids is 3. The van der Waals surface area contributed by atoms with Crippen LogP contribution in [0, 0.1) is 0 Å². The molecule has 2 aliphatic rings. The van der Waals surface area contributed by atoms with E-state index in [-0.39, 0.29) is 45.3 Å². The first kappa shape index (κ1) is 28.8. The maximum absolute atomic E-state index is 13.0. The minimum atomic E-state index is -1.36. The smallest absolute Gasteiger partial charge is 0.352 e. The Hall–Kier alpha value is -4.23. The molecule has 16 nitrogen and oxygen atoms in total. The lowest BCUT2D eigenvalue weighted by Gasteiger charge is -2.49. The summed E-state index contributed by atoms with van der Waals surface area (Å²) in [5.74, 6) is -2.58. The number of hydrogen-bond acceptors (Lipinski definition) is 14. The van der Waals surface area contributed by atoms with Gasteiger partial charge >= 0.3 is 17.1 Å². The number of anilines is 1. The first-order valence-corrected chi connectivity index (χ1v) is 13.9. The minimum Gasteiger partial charge on any atom is -0.477 e. The molecule has 0 aromatic carbocycles. The van der Waals surface area contributed by atoms with Gasteiger partial charge in [-0.05, 0) is 17.1 Å². The van der Waals surface area contributed by atoms with Gasteiger partial charge in [-0.3, -0.25) is 28.6 Å². The monoisotopic (exact) mass is 608 g/mol. The van der Waals surface area contributed by atoms with Gasteiger partial charge in [-0.2, -0.15) is 0 Å². The van der Waals surface area contributed by atoms with Crippen LogP contribution in [-0.2, 0) is 37.6 Å². The third kappa shape index (κ3) is 5.42. The molecule has 0 saturated carbocycles. The van der Waals surface area contributed by atoms with E-state index in [9.17, 15) is 33.9 Å². The summed E-state index contributed by atoms with van der Waals surface area (Å²) in [7, 11) is 2.52. The Labute approximate surface area is 236 Å². The molecule has 19 heteroatoms. The van der Waals surface area contributed by atoms with Crippen molar-refractivity contribution in [2.24, 2.45) is 12.2 Å². The van der Waals surface area contributed by atoms with Crippen LogP contribution < -0.4 is 22.2 Å². The van der Waals surface area contributed by atoms with Gasteiger partial charge in [0.05, 0.1) is 6.54 Å². The summed E-state index contributed by atoms with van der Waals surface area (Å²) < 4.78 is 1.73. The fraction of sp³-hybridized carbons (Fsp3) is 0.286. The molecule has 0 bridgehead atoms. The number of aromatic nitrogens is 4. The summed E-state index contributed by atoms with van der Waals surface area (Å²) in [6.45, 7) is -0.388. The molecule has 2 unspecified atom stereocenters. The second-order valence-corrected chi connectivity index (χ2v) is 10.8. The highest BCUT2D eigenvalue weighted by molar-refractivity contribution is 8.02. The van der Waals surface area contributed by atoms with Gasteiger partial charge in [-0.1, -0.05) is 16.9 Å². The standard InChI is InChI=1S/C21H20N8O8S3/c1-27-16(33)17(34)28(4-5-30)21(25-27)38-6-3-9-7-39-18-12(15(32)29(18)13(9)19(35)36)24-14(31)11(26-37-2)10-8-40-20(22)23-10/h3,5-6,8,12,18H,4,7H2,1-2H3,(H2,22,23)(H,24,31)(H,35,36). The Kier molecular flexibility index (Phi) is 8.55. The molecule has 0 spiro atoms. The molecule has 2 aromatic rings. The summed E-state index contributed by atoms with van der Waals surface area (Å²) in [6, 6.07) is -1.03. The number of nitrogens with zero attached hydrogens (tertiary/aromatic N) is 6. The number of oxime groups is 1. The van der Waals surface area contributed by atoms with E-state index in [1.807, 2.05) is 0 Å². The summed E-state index contributed by atoms with van der Waals surface area (Å²) in [6.07, 6.45) is 1.88. The number of thioether (sulfide) groups is 2. The van der Waals surface area contributed by atoms with Crippen molar-refractivity contribution in [3.8, 4) is 0 Å². The number of allylic oxidation sites excluding steroid dienone is 1. The molecule has 1 fully saturated rings. The minimum absolute atomic E-state index is 0.0347. The van der Waals surface area contributed by atoms with Gasteiger partial charge in [-0.25, -0.2) is 14.5 Å². The Morgan fingerprint density at radius 3 is 2.73 bits per heavy atom. The highest BCUT2D eigenvalue weighted by atomic mass is 32.2. The van der Waals surface area contributed by atoms with Crippen LogP contribution >= 0.6 is 34.9 Å². The molecule has 1 saturated heterocycles. The molecule has 4 rings (SSSR count). The van der Waals surface area contributed by atoms with Gasteiger partial charge in [0.15, 0.2) is 16.0 Å². The Bertz CT molecular complexity index is 1610. The number of aldehydes is 1. The van der Waals surface area contributed by atoms with E-state index in [1.165, 1.54) is 42.8 Å². The highest BCUT2D eigenvalue weighted by Gasteiger charge is 2.54. The van der Waals surface area contributed by atoms with Crippen LogP contribution in [0.2, 0.25) is 0 Å². The molecule has 2 amide bonds. The maximum atomic E-state index is 13.0. The SMILES string of the molecule is CON=C(C(=O)NC1C(=O)N2C(C(=O)O)=C(C=CSc3nn(C)c(=O)c(=O)n3CC=O)CSC12)c1csc(N)n1. The average Bonchev–Trinajstić information content (AvgIpc) is 3.36. The van der Waals surface area contributed by atoms with Crippen molar-refractivity contribution in [3.63, 3.8) is 0 Å². The summed E-state index contributed by atoms with van der Waals surface area (Å²) in [5, 5.41) is 22.6. The lowest BCUT2D eigenvalue weighted by molar-refractivity contribution is -0.150. The number of fused-ring (bicyclic) bond motifs is 1. The number of hydrogen-bond donors (Lipinski definition) is 3. The molecule has 0 aliphatic carbocycles. The second kappa shape index (κ2) is 11.9. The van der Waals surface area contributed by atoms with Crippen molar-refractivity contribution in [3.05, 3.63) is 54.5 Å². The number of nitrogens with one attached hydrogen (secondary N) is 1. The fourth-order valence-electron chi connectivity index (χ4n) is 3.74. The van der Waals surface area contributed by atoms with Crippen LogP contribution in [0.1, 0.15) is 5.69 Å². The number of nitrogen functional groups attached to an aromatic ring is 1. The van der Waals surface area contributed by atoms with Crippen LogP contribution in [0.3, 0.4) is 0 Å². The van der Waals surface area contributed by atoms with Crippen LogP contribution in [-0.4, -0.2) is 83.4 Å². The molecular weight excluding hydrogens is 588 g/mol. The Balaban J connectivity index is 1.54. The number of carboxylic acids is 1. The van der Waals surface area contributed by atoms with E-state index < -0.39 is 40.3 Å². The zero-order valence-electron chi connectivity index (χ0n) is 20.7. The van der Waals surface area contributed by atoms with Crippen LogP contribution in [0.4, 0.5) is 5.13 Å². The lowest BCUT2D eigenvalue weighted by atomic mass is 10.0. The van der Waals surface area contributed by atoms with Crippen molar-refractivity contribution in [1.29, 1.82) is 0 Å². The van der Waals surface area contributed by atoms with Gasteiger partial charge in [0.2, 0.25) is 0 Å². The number of carbonyl (C=O) groups is 4. The third-order valence-corrected chi connectivity index (χ3v) is 8.30. The number of nitrogens with two attached hydrogens (primary N) is 1. The predicted octanol–water partition coefficient (Wildman–Crippen LogP) is -1.43. The molecule has 4 N–H and O–H groups in total. The molecular formula is C21H20N8O8S3. The topological polar surface area (TPSA) is 221 Å². The van der Waals surface area contributed by atoms with Crippen molar-refractivity contribution in [2.75, 3.05) is 18.6 Å². The van der Waals surface area contributed by atoms with Gasteiger partial charge in [0.25, 0.3) is 11.8 Å². The summed E-state index contributed by atoms with van der Waals surface area (Å²) in [5.41, 5.74) is 3.76. The van der Waals surface area contributed by atoms with E-state index in [0.29, 0.717) is 6.29 Å². The summed E-state index contributed by atoms with van der Waals surface area (Å²) >= 11 is 3.20. The van der Waals surface area contributed by atoms with Crippen LogP contribution in [0.25, 0.3) is 0 Å². The van der Waals surface area contributed by atoms with Crippen molar-refractivity contribution >= 4 is 69.8 Å². The van der Waals surface area contributed by atoms with Crippen LogP contribution in [0.5, 0.6) is 0 Å². The third-order valence-electron chi connectivity index (χ3n) is 5.54. The number of β-lactam (4-membered cyclic amide) rings is 1. The fourth-order valence-corrected chi connectivity index (χ4v) is 6.42. The molecule has 2 aromatic heterocycles. The first-order chi connectivity index (χ1) is 19.1. The quantitative estimate of drug-likeness (QED) is 0.0704. The van der Waals surface area contributed by atoms with E-state index >= 15 is 0 Å². The second-order valence-electron chi connectivity index (χ2n) is 7.95. The highest BCUT2D eigenvalue weighted by Crippen LogP contribution is 2.41. The largest absolute Gasteiger partial charge is 0.477 e. The molecule has 4 heterocycles. The normalized spacial score (nSPS) is 18.9. The van der Waals surface area contributed by atoms with Gasteiger partial charge in [-0.15, -0.1) is 28.2 Å². The van der Waals surface area contributed by atoms with E-state index in [1.54, 1.807) is 0 Å². The molecule has 0 radical (unpaired) electrons. The zero-order valence-corrected chi connectivity index (χ0v) is 23.1. The van der Waals surface area contributed by atoms with Crippen molar-refractivity contribution < 1.29 is 29.1 Å². The number of amides is 2. The lowest BCUT2D eigenvalue weighted by Crippen LogP contribution is -2.71. The van der Waals surface area contributed by atoms with Gasteiger partial charge in [0, 0.05) is 18.2 Å². The number of aliphatic carboxylic acids is 1. The van der Waals surface area contributed by atoms with Crippen LogP contribution in [0.15, 0.2) is 48.0 Å². The summed E-state index contributed by atoms with van der Waals surface area (Å²) in [4.78, 5) is 82.8. The number of rotatable bonds is 10. The van der Waals surface area contributed by atoms with E-state index in [2.05, 4.69) is 20.6 Å². The zero-order chi connectivity index (χ0) is 29.1. The average molecular weight is 609 g/mol.